The van der Waals surface area contributed by atoms with E-state index in [0.29, 0.717) is 6.61 Å². The van der Waals surface area contributed by atoms with Crippen LogP contribution in [0.4, 0.5) is 0 Å². The molecule has 0 heterocycles. The Hall–Kier alpha value is -0.860. The second-order valence-corrected chi connectivity index (χ2v) is 3.56. The van der Waals surface area contributed by atoms with Gasteiger partial charge < -0.3 is 10.5 Å². The molecule has 0 saturated heterocycles. The SMILES string of the molecule is COCc1cccc2c1CC[C@H]2N. The standard InChI is InChI=1S/C11H15NO/c1-13-7-8-3-2-4-10-9(8)5-6-11(10)12/h2-4,11H,5-7,12H2,1H3/t11-/m1/s1. The molecule has 2 nitrogen and oxygen atoms in total. The maximum absolute atomic E-state index is 5.97. The van der Waals surface area contributed by atoms with Gasteiger partial charge in [-0.15, -0.1) is 0 Å². The molecule has 1 aromatic rings. The molecule has 0 aromatic heterocycles. The molecule has 0 aliphatic heterocycles. The summed E-state index contributed by atoms with van der Waals surface area (Å²) in [6.45, 7) is 0.704. The fraction of sp³-hybridized carbons (Fsp3) is 0.455. The summed E-state index contributed by atoms with van der Waals surface area (Å²) >= 11 is 0. The third-order valence-electron chi connectivity index (χ3n) is 2.71. The number of hydrogen-bond donors (Lipinski definition) is 1. The summed E-state index contributed by atoms with van der Waals surface area (Å²) in [5.74, 6) is 0. The van der Waals surface area contributed by atoms with E-state index in [4.69, 9.17) is 10.5 Å². The number of benzene rings is 1. The van der Waals surface area contributed by atoms with Gasteiger partial charge in [-0.1, -0.05) is 18.2 Å². The maximum atomic E-state index is 5.97. The summed E-state index contributed by atoms with van der Waals surface area (Å²) in [5.41, 5.74) is 10.00. The van der Waals surface area contributed by atoms with Crippen molar-refractivity contribution in [3.8, 4) is 0 Å². The molecule has 13 heavy (non-hydrogen) atoms. The molecule has 0 unspecified atom stereocenters. The van der Waals surface area contributed by atoms with Crippen LogP contribution in [0.15, 0.2) is 18.2 Å². The predicted molar refractivity (Wildman–Crippen MR) is 52.4 cm³/mol. The molecule has 1 aliphatic rings. The van der Waals surface area contributed by atoms with Crippen molar-refractivity contribution in [2.24, 2.45) is 5.73 Å². The molecular formula is C11H15NO. The van der Waals surface area contributed by atoms with Crippen LogP contribution in [0.2, 0.25) is 0 Å². The van der Waals surface area contributed by atoms with Gasteiger partial charge in [-0.05, 0) is 29.5 Å². The van der Waals surface area contributed by atoms with Crippen molar-refractivity contribution in [1.82, 2.24) is 0 Å². The van der Waals surface area contributed by atoms with Crippen molar-refractivity contribution in [3.05, 3.63) is 34.9 Å². The highest BCUT2D eigenvalue weighted by Gasteiger charge is 2.20. The lowest BCUT2D eigenvalue weighted by molar-refractivity contribution is 0.184. The summed E-state index contributed by atoms with van der Waals surface area (Å²) < 4.78 is 5.15. The minimum absolute atomic E-state index is 0.242. The van der Waals surface area contributed by atoms with Crippen LogP contribution in [0.3, 0.4) is 0 Å². The first-order valence-corrected chi connectivity index (χ1v) is 4.68. The van der Waals surface area contributed by atoms with E-state index in [2.05, 4.69) is 18.2 Å². The summed E-state index contributed by atoms with van der Waals surface area (Å²) in [4.78, 5) is 0. The van der Waals surface area contributed by atoms with Crippen molar-refractivity contribution in [2.75, 3.05) is 7.11 Å². The molecule has 70 valence electrons. The third-order valence-corrected chi connectivity index (χ3v) is 2.71. The van der Waals surface area contributed by atoms with Gasteiger partial charge in [0, 0.05) is 13.2 Å². The van der Waals surface area contributed by atoms with E-state index in [0.717, 1.165) is 12.8 Å². The lowest BCUT2D eigenvalue weighted by atomic mass is 10.0. The second-order valence-electron chi connectivity index (χ2n) is 3.56. The van der Waals surface area contributed by atoms with Crippen molar-refractivity contribution in [3.63, 3.8) is 0 Å². The number of nitrogens with two attached hydrogens (primary N) is 1. The first-order valence-electron chi connectivity index (χ1n) is 4.68. The molecule has 0 fully saturated rings. The van der Waals surface area contributed by atoms with Crippen LogP contribution in [-0.4, -0.2) is 7.11 Å². The molecule has 1 aliphatic carbocycles. The zero-order chi connectivity index (χ0) is 9.26. The summed E-state index contributed by atoms with van der Waals surface area (Å²) in [5, 5.41) is 0. The van der Waals surface area contributed by atoms with E-state index in [1.54, 1.807) is 7.11 Å². The van der Waals surface area contributed by atoms with Gasteiger partial charge >= 0.3 is 0 Å². The predicted octanol–water partition coefficient (Wildman–Crippen LogP) is 1.78. The van der Waals surface area contributed by atoms with Gasteiger partial charge in [0.1, 0.15) is 0 Å². The van der Waals surface area contributed by atoms with E-state index in [1.165, 1.54) is 16.7 Å². The van der Waals surface area contributed by atoms with Gasteiger partial charge in [-0.2, -0.15) is 0 Å². The Labute approximate surface area is 78.7 Å². The van der Waals surface area contributed by atoms with Gasteiger partial charge in [0.05, 0.1) is 6.61 Å². The van der Waals surface area contributed by atoms with Crippen LogP contribution in [0.1, 0.15) is 29.2 Å². The molecule has 2 heteroatoms. The second kappa shape index (κ2) is 3.48. The molecule has 0 spiro atoms. The molecule has 1 atom stereocenters. The lowest BCUT2D eigenvalue weighted by Crippen LogP contribution is -2.05. The minimum Gasteiger partial charge on any atom is -0.380 e. The number of fused-ring (bicyclic) bond motifs is 1. The molecule has 0 saturated carbocycles. The Morgan fingerprint density at radius 1 is 1.54 bits per heavy atom. The largest absolute Gasteiger partial charge is 0.380 e. The monoisotopic (exact) mass is 177 g/mol. The fourth-order valence-corrected chi connectivity index (χ4v) is 2.05. The lowest BCUT2D eigenvalue weighted by Gasteiger charge is -2.08. The highest BCUT2D eigenvalue weighted by molar-refractivity contribution is 5.40. The van der Waals surface area contributed by atoms with Crippen molar-refractivity contribution < 1.29 is 4.74 Å². The molecule has 0 radical (unpaired) electrons. The quantitative estimate of drug-likeness (QED) is 0.747. The molecule has 0 amide bonds. The van der Waals surface area contributed by atoms with E-state index in [9.17, 15) is 0 Å². The van der Waals surface area contributed by atoms with E-state index >= 15 is 0 Å². The Balaban J connectivity index is 2.38. The third kappa shape index (κ3) is 1.47. The fourth-order valence-electron chi connectivity index (χ4n) is 2.05. The first kappa shape index (κ1) is 8.73. The van der Waals surface area contributed by atoms with E-state index in [1.807, 2.05) is 0 Å². The molecule has 2 rings (SSSR count). The average Bonchev–Trinajstić information content (AvgIpc) is 2.50. The smallest absolute Gasteiger partial charge is 0.0715 e. The van der Waals surface area contributed by atoms with E-state index in [-0.39, 0.29) is 6.04 Å². The molecular weight excluding hydrogens is 162 g/mol. The normalized spacial score (nSPS) is 20.3. The van der Waals surface area contributed by atoms with Crippen molar-refractivity contribution >= 4 is 0 Å². The van der Waals surface area contributed by atoms with Gasteiger partial charge in [-0.3, -0.25) is 0 Å². The van der Waals surface area contributed by atoms with Crippen molar-refractivity contribution in [2.45, 2.75) is 25.5 Å². The van der Waals surface area contributed by atoms with Crippen LogP contribution in [0, 0.1) is 0 Å². The van der Waals surface area contributed by atoms with Gasteiger partial charge in [0.25, 0.3) is 0 Å². The number of ether oxygens (including phenoxy) is 1. The summed E-state index contributed by atoms with van der Waals surface area (Å²) in [6.07, 6.45) is 2.19. The first-order chi connectivity index (χ1) is 6.33. The van der Waals surface area contributed by atoms with Crippen LogP contribution < -0.4 is 5.73 Å². The molecule has 0 bridgehead atoms. The van der Waals surface area contributed by atoms with Gasteiger partial charge in [0.2, 0.25) is 0 Å². The zero-order valence-corrected chi connectivity index (χ0v) is 7.92. The van der Waals surface area contributed by atoms with Crippen LogP contribution >= 0.6 is 0 Å². The Morgan fingerprint density at radius 3 is 3.15 bits per heavy atom. The Morgan fingerprint density at radius 2 is 2.38 bits per heavy atom. The number of methoxy groups -OCH3 is 1. The van der Waals surface area contributed by atoms with Crippen LogP contribution in [0.5, 0.6) is 0 Å². The number of hydrogen-bond acceptors (Lipinski definition) is 2. The minimum atomic E-state index is 0.242. The van der Waals surface area contributed by atoms with E-state index < -0.39 is 0 Å². The maximum Gasteiger partial charge on any atom is 0.0715 e. The topological polar surface area (TPSA) is 35.2 Å². The zero-order valence-electron chi connectivity index (χ0n) is 7.92. The van der Waals surface area contributed by atoms with Crippen LogP contribution in [-0.2, 0) is 17.8 Å². The van der Waals surface area contributed by atoms with Crippen molar-refractivity contribution in [1.29, 1.82) is 0 Å². The summed E-state index contributed by atoms with van der Waals surface area (Å²) in [7, 11) is 1.73. The highest BCUT2D eigenvalue weighted by Crippen LogP contribution is 2.31. The van der Waals surface area contributed by atoms with Gasteiger partial charge in [0.15, 0.2) is 0 Å². The Bertz CT molecular complexity index is 309. The highest BCUT2D eigenvalue weighted by atomic mass is 16.5. The van der Waals surface area contributed by atoms with Gasteiger partial charge in [-0.25, -0.2) is 0 Å². The number of rotatable bonds is 2. The average molecular weight is 177 g/mol. The molecule has 2 N–H and O–H groups in total. The Kier molecular flexibility index (Phi) is 2.34. The summed E-state index contributed by atoms with van der Waals surface area (Å²) in [6, 6.07) is 6.57. The van der Waals surface area contributed by atoms with Crippen LogP contribution in [0.25, 0.3) is 0 Å². The molecule has 1 aromatic carbocycles.